The molecule has 6 rings (SSSR count). The first-order valence-corrected chi connectivity index (χ1v) is 15.7. The van der Waals surface area contributed by atoms with Crippen LogP contribution >= 0.6 is 0 Å². The summed E-state index contributed by atoms with van der Waals surface area (Å²) in [7, 11) is 0. The third-order valence-corrected chi connectivity index (χ3v) is 9.95. The average Bonchev–Trinajstić information content (AvgIpc) is 3.47. The van der Waals surface area contributed by atoms with Crippen molar-refractivity contribution in [2.45, 2.75) is 94.9 Å². The Kier molecular flexibility index (Phi) is 8.79. The van der Waals surface area contributed by atoms with Crippen molar-refractivity contribution in [3.05, 3.63) is 24.6 Å². The normalized spacial score (nSPS) is 38.4. The Morgan fingerprint density at radius 1 is 1.30 bits per heavy atom. The molecule has 4 bridgehead atoms. The Bertz CT molecular complexity index is 1150. The number of ether oxygens (including phenoxy) is 1. The molecular weight excluding hydrogens is 555 g/mol. The molecule has 6 aliphatic heterocycles. The molecule has 9 atom stereocenters. The molecule has 0 aromatic heterocycles. The van der Waals surface area contributed by atoms with Crippen molar-refractivity contribution in [1.82, 2.24) is 46.6 Å². The predicted molar refractivity (Wildman–Crippen MR) is 156 cm³/mol. The van der Waals surface area contributed by atoms with Gasteiger partial charge in [0.2, 0.25) is 5.91 Å². The number of nitrogens with one attached hydrogen (secondary N) is 5. The highest BCUT2D eigenvalue weighted by atomic mass is 19.1. The molecule has 5 N–H and O–H groups in total. The molecule has 6 heterocycles. The van der Waals surface area contributed by atoms with E-state index in [9.17, 15) is 14.9 Å². The lowest BCUT2D eigenvalue weighted by Gasteiger charge is -2.59. The number of hydrogen-bond donors (Lipinski definition) is 5. The summed E-state index contributed by atoms with van der Waals surface area (Å²) in [6.07, 6.45) is 2.87. The van der Waals surface area contributed by atoms with Crippen LogP contribution in [0.4, 0.5) is 9.18 Å². The number of hydrazine groups is 2. The van der Waals surface area contributed by atoms with Gasteiger partial charge in [-0.3, -0.25) is 20.0 Å². The van der Waals surface area contributed by atoms with E-state index >= 15 is 4.39 Å². The Balaban J connectivity index is 1.35. The standard InChI is InChI=1S/C29H45FN10O3/c1-4-23(41)38-12-11-37(16-19(38)7-9-31)26-20-14-21(30)28-33-27(20)40(29(42)34-26)25-22(8-10-32-24(25)17(2)3)43-13-5-6-18-15-39(28)36-35-18/h4,15,17,19-22,24-28,32-33,35-36H,1,5-8,10-14,16H2,2-3H3,(H,34,42). The molecule has 14 heteroatoms. The third-order valence-electron chi connectivity index (χ3n) is 9.95. The maximum absolute atomic E-state index is 16.2. The number of carbonyl (C=O) groups excluding carboxylic acids is 2. The second-order valence-corrected chi connectivity index (χ2v) is 12.8. The van der Waals surface area contributed by atoms with Crippen LogP contribution in [0.3, 0.4) is 0 Å². The molecule has 6 aliphatic rings. The Morgan fingerprint density at radius 2 is 2.14 bits per heavy atom. The first-order chi connectivity index (χ1) is 20.8. The van der Waals surface area contributed by atoms with E-state index in [0.29, 0.717) is 26.2 Å². The van der Waals surface area contributed by atoms with Crippen LogP contribution in [0.2, 0.25) is 0 Å². The fraction of sp³-hybridized carbons (Fsp3) is 0.759. The van der Waals surface area contributed by atoms with Crippen LogP contribution in [0.25, 0.3) is 0 Å². The molecule has 0 aromatic carbocycles. The highest BCUT2D eigenvalue weighted by Gasteiger charge is 2.56. The number of rotatable bonds is 4. The van der Waals surface area contributed by atoms with Gasteiger partial charge in [0, 0.05) is 50.1 Å². The number of alkyl halides is 1. The summed E-state index contributed by atoms with van der Waals surface area (Å²) < 4.78 is 22.7. The number of carbonyl (C=O) groups is 2. The van der Waals surface area contributed by atoms with Crippen LogP contribution in [0.1, 0.15) is 46.0 Å². The molecule has 13 nitrogen and oxygen atoms in total. The van der Waals surface area contributed by atoms with Crippen LogP contribution in [0.15, 0.2) is 24.6 Å². The summed E-state index contributed by atoms with van der Waals surface area (Å²) >= 11 is 0. The van der Waals surface area contributed by atoms with Crippen LogP contribution in [-0.2, 0) is 9.53 Å². The third kappa shape index (κ3) is 5.69. The van der Waals surface area contributed by atoms with Crippen molar-refractivity contribution in [3.63, 3.8) is 0 Å². The van der Waals surface area contributed by atoms with E-state index in [0.717, 1.165) is 31.5 Å². The van der Waals surface area contributed by atoms with E-state index in [1.165, 1.54) is 6.08 Å². The summed E-state index contributed by atoms with van der Waals surface area (Å²) in [5, 5.41) is 21.8. The van der Waals surface area contributed by atoms with Crippen molar-refractivity contribution in [2.75, 3.05) is 32.8 Å². The summed E-state index contributed by atoms with van der Waals surface area (Å²) in [6, 6.07) is 1.38. The van der Waals surface area contributed by atoms with Gasteiger partial charge in [-0.15, -0.1) is 5.53 Å². The number of piperazine rings is 1. The topological polar surface area (TPSA) is 140 Å². The van der Waals surface area contributed by atoms with E-state index in [2.05, 4.69) is 58.3 Å². The molecule has 4 saturated heterocycles. The van der Waals surface area contributed by atoms with Gasteiger partial charge in [-0.25, -0.2) is 9.18 Å². The predicted octanol–water partition coefficient (Wildman–Crippen LogP) is 0.282. The summed E-state index contributed by atoms with van der Waals surface area (Å²) in [5.41, 5.74) is 7.23. The zero-order valence-electron chi connectivity index (χ0n) is 25.0. The van der Waals surface area contributed by atoms with Crippen molar-refractivity contribution in [1.29, 1.82) is 5.26 Å². The fourth-order valence-electron chi connectivity index (χ4n) is 7.92. The van der Waals surface area contributed by atoms with Gasteiger partial charge in [-0.2, -0.15) is 5.26 Å². The average molecular weight is 601 g/mol. The fourth-order valence-corrected chi connectivity index (χ4v) is 7.92. The van der Waals surface area contributed by atoms with Crippen molar-refractivity contribution in [3.8, 4) is 6.07 Å². The highest BCUT2D eigenvalue weighted by Crippen LogP contribution is 2.38. The first-order valence-electron chi connectivity index (χ1n) is 15.7. The van der Waals surface area contributed by atoms with Gasteiger partial charge < -0.3 is 30.6 Å². The van der Waals surface area contributed by atoms with Gasteiger partial charge in [-0.1, -0.05) is 20.4 Å². The van der Waals surface area contributed by atoms with E-state index < -0.39 is 24.7 Å². The van der Waals surface area contributed by atoms with Crippen molar-refractivity contribution >= 4 is 11.9 Å². The second kappa shape index (κ2) is 12.6. The SMILES string of the molecule is C=CC(=O)N1CCN(C2NC(=O)N3C4NC(C(F)CC24)N2C=C(CCCOC4CCNC(C(C)C)C43)NN2)CC1CC#N. The van der Waals surface area contributed by atoms with Gasteiger partial charge in [-0.05, 0) is 44.2 Å². The lowest BCUT2D eigenvalue weighted by molar-refractivity contribution is -0.135. The summed E-state index contributed by atoms with van der Waals surface area (Å²) in [5.74, 6) is -0.274. The molecule has 3 amide bonds. The number of nitrogens with zero attached hydrogens (tertiary/aromatic N) is 5. The smallest absolute Gasteiger partial charge is 0.320 e. The zero-order valence-corrected chi connectivity index (χ0v) is 25.0. The molecule has 0 aliphatic carbocycles. The number of halogens is 1. The number of nitriles is 1. The number of amides is 3. The number of hydrogen-bond acceptors (Lipinski definition) is 10. The monoisotopic (exact) mass is 600 g/mol. The van der Waals surface area contributed by atoms with Gasteiger partial charge in [0.25, 0.3) is 0 Å². The molecule has 0 saturated carbocycles. The maximum atomic E-state index is 16.2. The number of allylic oxidation sites excluding steroid dienone is 1. The number of fused-ring (bicyclic) bond motifs is 5. The molecule has 0 spiro atoms. The molecule has 0 radical (unpaired) electrons. The lowest BCUT2D eigenvalue weighted by Crippen LogP contribution is -2.80. The van der Waals surface area contributed by atoms with Crippen LogP contribution in [0.5, 0.6) is 0 Å². The molecule has 43 heavy (non-hydrogen) atoms. The van der Waals surface area contributed by atoms with E-state index in [-0.39, 0.29) is 60.8 Å². The van der Waals surface area contributed by atoms with E-state index in [1.54, 1.807) is 9.91 Å². The molecule has 9 unspecified atom stereocenters. The Hall–Kier alpha value is -2.96. The van der Waals surface area contributed by atoms with Gasteiger partial charge >= 0.3 is 6.03 Å². The van der Waals surface area contributed by atoms with E-state index in [4.69, 9.17) is 4.74 Å². The second-order valence-electron chi connectivity index (χ2n) is 12.8. The van der Waals surface area contributed by atoms with Gasteiger partial charge in [0.1, 0.15) is 12.3 Å². The minimum absolute atomic E-state index is 0.00105. The lowest BCUT2D eigenvalue weighted by atomic mass is 9.81. The van der Waals surface area contributed by atoms with Crippen molar-refractivity contribution in [2.24, 2.45) is 11.8 Å². The Labute approximate surface area is 252 Å². The quantitative estimate of drug-likeness (QED) is 0.286. The van der Waals surface area contributed by atoms with E-state index in [1.807, 2.05) is 11.1 Å². The number of piperidine rings is 2. The zero-order chi connectivity index (χ0) is 30.2. The van der Waals surface area contributed by atoms with Gasteiger partial charge in [0.05, 0.1) is 43.0 Å². The largest absolute Gasteiger partial charge is 0.376 e. The maximum Gasteiger partial charge on any atom is 0.320 e. The molecule has 4 fully saturated rings. The van der Waals surface area contributed by atoms with Crippen molar-refractivity contribution < 1.29 is 18.7 Å². The molecule has 236 valence electrons. The molecule has 0 aromatic rings. The Morgan fingerprint density at radius 3 is 2.91 bits per heavy atom. The number of urea groups is 1. The van der Waals surface area contributed by atoms with Gasteiger partial charge in [0.15, 0.2) is 0 Å². The van der Waals surface area contributed by atoms with Crippen LogP contribution in [-0.4, -0.2) is 113 Å². The molecular formula is C29H45FN10O3. The first kappa shape index (κ1) is 30.1. The highest BCUT2D eigenvalue weighted by molar-refractivity contribution is 5.87. The van der Waals surface area contributed by atoms with Crippen LogP contribution in [0, 0.1) is 23.2 Å². The minimum Gasteiger partial charge on any atom is -0.376 e. The summed E-state index contributed by atoms with van der Waals surface area (Å²) in [6.45, 7) is 10.6. The summed E-state index contributed by atoms with van der Waals surface area (Å²) in [4.78, 5) is 32.6. The van der Waals surface area contributed by atoms with Crippen LogP contribution < -0.4 is 26.9 Å². The minimum atomic E-state index is -1.23.